The van der Waals surface area contributed by atoms with E-state index in [0.29, 0.717) is 18.2 Å². The summed E-state index contributed by atoms with van der Waals surface area (Å²) >= 11 is 0. The predicted molar refractivity (Wildman–Crippen MR) is 88.7 cm³/mol. The first-order chi connectivity index (χ1) is 10.6. The summed E-state index contributed by atoms with van der Waals surface area (Å²) in [5.74, 6) is 1.09. The molecule has 22 heavy (non-hydrogen) atoms. The number of rotatable bonds is 3. The highest BCUT2D eigenvalue weighted by Crippen LogP contribution is 2.18. The summed E-state index contributed by atoms with van der Waals surface area (Å²) in [6.45, 7) is 5.82. The summed E-state index contributed by atoms with van der Waals surface area (Å²) < 4.78 is 0. The summed E-state index contributed by atoms with van der Waals surface area (Å²) in [5, 5.41) is 4.12. The van der Waals surface area contributed by atoms with Crippen LogP contribution in [0.25, 0.3) is 10.9 Å². The molecule has 1 aromatic carbocycles. The fourth-order valence-electron chi connectivity index (χ4n) is 2.63. The van der Waals surface area contributed by atoms with Crippen LogP contribution in [0.15, 0.2) is 35.1 Å². The van der Waals surface area contributed by atoms with Gasteiger partial charge in [0, 0.05) is 22.7 Å². The highest BCUT2D eigenvalue weighted by Gasteiger charge is 2.07. The molecule has 0 unspecified atom stereocenters. The van der Waals surface area contributed by atoms with Crippen LogP contribution in [0.4, 0.5) is 11.8 Å². The molecule has 0 aliphatic carbocycles. The van der Waals surface area contributed by atoms with Crippen molar-refractivity contribution in [2.75, 3.05) is 5.32 Å². The smallest absolute Gasteiger partial charge is 0.229 e. The van der Waals surface area contributed by atoms with E-state index < -0.39 is 0 Å². The number of hydrogen-bond acceptors (Lipinski definition) is 4. The molecule has 0 aliphatic heterocycles. The Morgan fingerprint density at radius 2 is 1.95 bits per heavy atom. The topological polar surface area (TPSA) is 70.7 Å². The summed E-state index contributed by atoms with van der Waals surface area (Å²) in [7, 11) is 0. The number of anilines is 2. The number of aromatic nitrogens is 3. The Labute approximate surface area is 128 Å². The Balaban J connectivity index is 2.02. The Morgan fingerprint density at radius 3 is 2.68 bits per heavy atom. The molecule has 0 amide bonds. The Kier molecular flexibility index (Phi) is 3.63. The van der Waals surface area contributed by atoms with Gasteiger partial charge in [-0.25, -0.2) is 9.97 Å². The molecule has 0 spiro atoms. The van der Waals surface area contributed by atoms with Crippen LogP contribution in [-0.4, -0.2) is 15.0 Å². The molecule has 112 valence electrons. The van der Waals surface area contributed by atoms with Crippen molar-refractivity contribution in [2.24, 2.45) is 0 Å². The number of benzene rings is 1. The van der Waals surface area contributed by atoms with E-state index in [0.717, 1.165) is 27.9 Å². The highest BCUT2D eigenvalue weighted by atomic mass is 16.1. The van der Waals surface area contributed by atoms with Crippen LogP contribution in [-0.2, 0) is 6.42 Å². The zero-order chi connectivity index (χ0) is 15.7. The van der Waals surface area contributed by atoms with Crippen LogP contribution in [0.1, 0.15) is 23.9 Å². The van der Waals surface area contributed by atoms with E-state index in [1.54, 1.807) is 6.07 Å². The van der Waals surface area contributed by atoms with Crippen molar-refractivity contribution < 1.29 is 0 Å². The first kappa shape index (κ1) is 14.3. The first-order valence-electron chi connectivity index (χ1n) is 7.31. The molecular weight excluding hydrogens is 276 g/mol. The van der Waals surface area contributed by atoms with E-state index in [-0.39, 0.29) is 5.43 Å². The second-order valence-electron chi connectivity index (χ2n) is 5.28. The van der Waals surface area contributed by atoms with Gasteiger partial charge in [-0.2, -0.15) is 0 Å². The van der Waals surface area contributed by atoms with Crippen molar-refractivity contribution in [3.05, 3.63) is 57.5 Å². The molecule has 5 heteroatoms. The summed E-state index contributed by atoms with van der Waals surface area (Å²) in [5.41, 5.74) is 3.48. The molecule has 2 heterocycles. The minimum absolute atomic E-state index is 0.0266. The van der Waals surface area contributed by atoms with Crippen molar-refractivity contribution in [1.29, 1.82) is 0 Å². The van der Waals surface area contributed by atoms with E-state index in [1.165, 1.54) is 0 Å². The number of fused-ring (bicyclic) bond motifs is 1. The minimum atomic E-state index is 0.0266. The van der Waals surface area contributed by atoms with Gasteiger partial charge in [0.05, 0.1) is 11.2 Å². The number of pyridine rings is 1. The molecule has 0 atom stereocenters. The van der Waals surface area contributed by atoms with Crippen molar-refractivity contribution >= 4 is 22.7 Å². The lowest BCUT2D eigenvalue weighted by molar-refractivity contribution is 1.02. The van der Waals surface area contributed by atoms with Gasteiger partial charge < -0.3 is 10.3 Å². The molecule has 0 saturated heterocycles. The molecule has 5 nitrogen and oxygen atoms in total. The maximum Gasteiger partial charge on any atom is 0.229 e. The normalized spacial score (nSPS) is 10.9. The third kappa shape index (κ3) is 2.57. The van der Waals surface area contributed by atoms with E-state index in [4.69, 9.17) is 0 Å². The Morgan fingerprint density at radius 1 is 1.18 bits per heavy atom. The lowest BCUT2D eigenvalue weighted by atomic mass is 10.1. The number of H-pyrrole nitrogens is 1. The van der Waals surface area contributed by atoms with Crippen LogP contribution in [0.3, 0.4) is 0 Å². The quantitative estimate of drug-likeness (QED) is 0.778. The van der Waals surface area contributed by atoms with Gasteiger partial charge in [-0.3, -0.25) is 4.79 Å². The molecule has 2 N–H and O–H groups in total. The second-order valence-corrected chi connectivity index (χ2v) is 5.28. The van der Waals surface area contributed by atoms with Gasteiger partial charge in [-0.1, -0.05) is 25.1 Å². The van der Waals surface area contributed by atoms with Crippen LogP contribution in [0.5, 0.6) is 0 Å². The SMILES string of the molecule is CCc1c(C)[nH]c(Nc2nc(C)c3ccccc3n2)cc1=O. The van der Waals surface area contributed by atoms with Crippen molar-refractivity contribution in [1.82, 2.24) is 15.0 Å². The molecule has 0 radical (unpaired) electrons. The monoisotopic (exact) mass is 294 g/mol. The van der Waals surface area contributed by atoms with Gasteiger partial charge in [0.15, 0.2) is 5.43 Å². The van der Waals surface area contributed by atoms with Crippen molar-refractivity contribution in [3.8, 4) is 0 Å². The zero-order valence-corrected chi connectivity index (χ0v) is 12.9. The van der Waals surface area contributed by atoms with E-state index in [9.17, 15) is 4.79 Å². The van der Waals surface area contributed by atoms with Gasteiger partial charge in [0.2, 0.25) is 5.95 Å². The third-order valence-corrected chi connectivity index (χ3v) is 3.74. The Hall–Kier alpha value is -2.69. The Bertz CT molecular complexity index is 899. The van der Waals surface area contributed by atoms with Gasteiger partial charge in [0.1, 0.15) is 5.82 Å². The molecule has 0 aliphatic rings. The molecule has 0 saturated carbocycles. The molecule has 2 aromatic heterocycles. The lowest BCUT2D eigenvalue weighted by Gasteiger charge is -2.10. The fourth-order valence-corrected chi connectivity index (χ4v) is 2.63. The van der Waals surface area contributed by atoms with Crippen LogP contribution < -0.4 is 10.7 Å². The van der Waals surface area contributed by atoms with Gasteiger partial charge in [0.25, 0.3) is 0 Å². The molecule has 3 rings (SSSR count). The fraction of sp³-hybridized carbons (Fsp3) is 0.235. The molecule has 0 bridgehead atoms. The number of aryl methyl sites for hydroxylation is 2. The first-order valence-corrected chi connectivity index (χ1v) is 7.31. The summed E-state index contributed by atoms with van der Waals surface area (Å²) in [6, 6.07) is 9.41. The lowest BCUT2D eigenvalue weighted by Crippen LogP contribution is -2.13. The minimum Gasteiger partial charge on any atom is -0.345 e. The number of nitrogens with one attached hydrogen (secondary N) is 2. The molecular formula is C17H18N4O. The van der Waals surface area contributed by atoms with Gasteiger partial charge >= 0.3 is 0 Å². The number of para-hydroxylation sites is 1. The average Bonchev–Trinajstić information content (AvgIpc) is 2.47. The van der Waals surface area contributed by atoms with E-state index in [1.807, 2.05) is 45.0 Å². The van der Waals surface area contributed by atoms with Crippen molar-refractivity contribution in [2.45, 2.75) is 27.2 Å². The maximum atomic E-state index is 12.1. The van der Waals surface area contributed by atoms with E-state index >= 15 is 0 Å². The van der Waals surface area contributed by atoms with Gasteiger partial charge in [-0.05, 0) is 26.3 Å². The van der Waals surface area contributed by atoms with Crippen LogP contribution in [0.2, 0.25) is 0 Å². The van der Waals surface area contributed by atoms with Crippen LogP contribution >= 0.6 is 0 Å². The summed E-state index contributed by atoms with van der Waals surface area (Å²) in [6.07, 6.45) is 0.715. The number of nitrogens with zero attached hydrogens (tertiary/aromatic N) is 2. The maximum absolute atomic E-state index is 12.1. The number of hydrogen-bond donors (Lipinski definition) is 2. The highest BCUT2D eigenvalue weighted by molar-refractivity contribution is 5.81. The van der Waals surface area contributed by atoms with Crippen LogP contribution in [0, 0.1) is 13.8 Å². The molecule has 0 fully saturated rings. The van der Waals surface area contributed by atoms with Crippen molar-refractivity contribution in [3.63, 3.8) is 0 Å². The zero-order valence-electron chi connectivity index (χ0n) is 12.9. The average molecular weight is 294 g/mol. The third-order valence-electron chi connectivity index (χ3n) is 3.74. The number of aromatic amines is 1. The predicted octanol–water partition coefficient (Wildman–Crippen LogP) is 3.24. The second kappa shape index (κ2) is 5.60. The standard InChI is InChI=1S/C17H18N4O/c1-4-12-10(2)18-16(9-15(12)22)21-17-19-11(3)13-7-5-6-8-14(13)20-17/h5-9H,4H2,1-3H3,(H2,18,19,20,21,22). The summed E-state index contributed by atoms with van der Waals surface area (Å²) in [4.78, 5) is 24.2. The molecule has 3 aromatic rings. The largest absolute Gasteiger partial charge is 0.345 e. The van der Waals surface area contributed by atoms with E-state index in [2.05, 4.69) is 20.3 Å². The van der Waals surface area contributed by atoms with Gasteiger partial charge in [-0.15, -0.1) is 0 Å².